The molecule has 10 rings (SSSR count). The Hall–Kier alpha value is -5.88. The molecule has 6 aromatic carbocycles. The quantitative estimate of drug-likeness (QED) is 0.0789. The molecule has 0 fully saturated rings. The summed E-state index contributed by atoms with van der Waals surface area (Å²) in [6.07, 6.45) is 8.13. The van der Waals surface area contributed by atoms with E-state index < -0.39 is 0 Å². The summed E-state index contributed by atoms with van der Waals surface area (Å²) in [5, 5.41) is 17.6. The first-order chi connectivity index (χ1) is 39.0. The summed E-state index contributed by atoms with van der Waals surface area (Å²) in [5.41, 5.74) is 8.39. The van der Waals surface area contributed by atoms with Gasteiger partial charge in [-0.3, -0.25) is 14.8 Å². The van der Waals surface area contributed by atoms with Gasteiger partial charge in [0.25, 0.3) is 0 Å². The van der Waals surface area contributed by atoms with Gasteiger partial charge in [0.2, 0.25) is 0 Å². The number of ether oxygens (including phenoxy) is 2. The predicted molar refractivity (Wildman–Crippen MR) is 338 cm³/mol. The zero-order chi connectivity index (χ0) is 62.0. The molecule has 8 aromatic rings. The van der Waals surface area contributed by atoms with Gasteiger partial charge >= 0.3 is 0 Å². The Morgan fingerprint density at radius 1 is 0.568 bits per heavy atom. The van der Waals surface area contributed by atoms with Gasteiger partial charge in [-0.1, -0.05) is 206 Å². The molecule has 2 aliphatic heterocycles. The minimum Gasteiger partial charge on any atom is -0.512 e. The van der Waals surface area contributed by atoms with E-state index in [0.29, 0.717) is 11.4 Å². The van der Waals surface area contributed by atoms with Crippen molar-refractivity contribution in [2.24, 2.45) is 32.5 Å². The van der Waals surface area contributed by atoms with Crippen molar-refractivity contribution in [1.82, 2.24) is 9.97 Å². The zero-order valence-electron chi connectivity index (χ0n) is 56.0. The van der Waals surface area contributed by atoms with Gasteiger partial charge in [-0.25, -0.2) is 0 Å². The van der Waals surface area contributed by atoms with E-state index in [1.807, 2.05) is 59.7 Å². The third kappa shape index (κ3) is 14.0. The van der Waals surface area contributed by atoms with Crippen LogP contribution in [0.1, 0.15) is 184 Å². The summed E-state index contributed by atoms with van der Waals surface area (Å²) < 4.78 is 47.4. The number of carbonyl (C=O) groups excluding carboxylic acids is 1. The van der Waals surface area contributed by atoms with Crippen molar-refractivity contribution in [2.45, 2.75) is 183 Å². The predicted octanol–water partition coefficient (Wildman–Crippen LogP) is 21.2. The van der Waals surface area contributed by atoms with Gasteiger partial charge in [-0.2, -0.15) is 0 Å². The molecule has 1 N–H and O–H groups in total. The smallest absolute Gasteiger partial charge is 0.164 e. The molecule has 0 amide bonds. The largest absolute Gasteiger partial charge is 0.512 e. The summed E-state index contributed by atoms with van der Waals surface area (Å²) in [7, 11) is 0. The van der Waals surface area contributed by atoms with Gasteiger partial charge in [0.05, 0.1) is 17.0 Å². The van der Waals surface area contributed by atoms with E-state index in [9.17, 15) is 9.90 Å². The Labute approximate surface area is 504 Å². The van der Waals surface area contributed by atoms with Crippen molar-refractivity contribution in [2.75, 3.05) is 0 Å². The molecule has 431 valence electrons. The van der Waals surface area contributed by atoms with Crippen LogP contribution in [0.3, 0.4) is 0 Å². The number of allylic oxidation sites excluding steroid dienone is 2. The number of pyridine rings is 2. The maximum absolute atomic E-state index is 12.2. The third-order valence-electron chi connectivity index (χ3n) is 16.2. The maximum atomic E-state index is 12.2. The van der Waals surface area contributed by atoms with Crippen molar-refractivity contribution in [3.8, 4) is 45.5 Å². The third-order valence-corrected chi connectivity index (χ3v) is 16.2. The Kier molecular flexibility index (Phi) is 16.7. The number of hydrogen-bond donors (Lipinski definition) is 1. The van der Waals surface area contributed by atoms with E-state index >= 15 is 0 Å². The molecule has 0 spiro atoms. The SMILES string of the molecule is CCC(C)(CC)C(=O)/C=C(\O)C(C)(CC)CC.[2H]c1nc2c3c(cc(CC(C)(C)C)cc3c1[2H])Oc1c-2[c-]c2cc(C)ccc2c1CC(C)(C)C.[2H]c1nc2c3c(cc(CC(C)(C)C)cc3c1[2H])Oc1c-2[c-]c2ccccc2c1CC(C)(C)C.[Ir]. The van der Waals surface area contributed by atoms with Crippen molar-refractivity contribution in [3.63, 3.8) is 0 Å². The molecule has 4 heterocycles. The standard InChI is InChI=1S/C30H32NO.C29H30NO.C15H28O2.Ir/c1-18-8-9-22-21(12-18)15-23-27-26-20(10-11-31-27)13-19(16-29(2,3)4)14-25(26)32-28(23)24(22)17-30(5,6)7;1-28(2,3)16-18-13-20-11-12-30-26-22-15-19-9-7-8-10-21(19)23(17-29(4,5)6)27(22)31-24(14-18)25(20)26;1-7-14(5,8-2)12(16)11-13(17)15(6,9-3)10-4;/h8-14H,16-17H2,1-7H3;7-14H,16-17H2,1-6H3;11,16H,7-10H2,1-6H3;/q2*-1;;/b;;12-11-;/i10D,11D;11D,12D;;. The number of benzene rings is 6. The fourth-order valence-corrected chi connectivity index (χ4v) is 11.1. The van der Waals surface area contributed by atoms with Gasteiger partial charge in [-0.05, 0) is 126 Å². The normalized spacial score (nSPS) is 14.0. The first-order valence-electron chi connectivity index (χ1n) is 31.2. The second-order valence-electron chi connectivity index (χ2n) is 28.2. The minimum absolute atomic E-state index is 0. The first-order valence-corrected chi connectivity index (χ1v) is 29.2. The number of aliphatic hydroxyl groups excluding tert-OH is 1. The van der Waals surface area contributed by atoms with Crippen LogP contribution in [0.25, 0.3) is 65.6 Å². The Morgan fingerprint density at radius 2 is 0.988 bits per heavy atom. The van der Waals surface area contributed by atoms with Crippen LogP contribution < -0.4 is 9.47 Å². The second-order valence-corrected chi connectivity index (χ2v) is 28.2. The van der Waals surface area contributed by atoms with E-state index in [-0.39, 0.29) is 88.6 Å². The average molecular weight is 1270 g/mol. The van der Waals surface area contributed by atoms with Crippen molar-refractivity contribution in [1.29, 1.82) is 0 Å². The summed E-state index contributed by atoms with van der Waals surface area (Å²) >= 11 is 0. The molecule has 81 heavy (non-hydrogen) atoms. The Balaban J connectivity index is 0.000000192. The molecular weight excluding hydrogens is 1170 g/mol. The number of nitrogens with zero attached hydrogens (tertiary/aromatic N) is 2. The number of hydrogen-bond acceptors (Lipinski definition) is 6. The monoisotopic (exact) mass is 1270 g/mol. The van der Waals surface area contributed by atoms with Crippen molar-refractivity contribution in [3.05, 3.63) is 143 Å². The van der Waals surface area contributed by atoms with Crippen LogP contribution >= 0.6 is 0 Å². The van der Waals surface area contributed by atoms with E-state index in [0.717, 1.165) is 151 Å². The molecule has 0 bridgehead atoms. The van der Waals surface area contributed by atoms with Crippen molar-refractivity contribution >= 4 is 48.9 Å². The molecule has 2 aliphatic rings. The molecule has 6 nitrogen and oxygen atoms in total. The molecule has 0 unspecified atom stereocenters. The minimum atomic E-state index is -0.337. The molecular formula is C74H90IrN2O4-2. The molecule has 0 saturated heterocycles. The molecule has 0 aliphatic carbocycles. The van der Waals surface area contributed by atoms with Gasteiger partial charge in [0, 0.05) is 71.5 Å². The van der Waals surface area contributed by atoms with Crippen LogP contribution in [-0.2, 0) is 50.6 Å². The first kappa shape index (κ1) is 57.0. The zero-order valence-corrected chi connectivity index (χ0v) is 54.4. The fourth-order valence-electron chi connectivity index (χ4n) is 11.1. The van der Waals surface area contributed by atoms with E-state index in [2.05, 4.69) is 161 Å². The Bertz CT molecular complexity index is 3900. The fraction of sp³-hybridized carbons (Fsp3) is 0.446. The van der Waals surface area contributed by atoms with Gasteiger partial charge in [0.1, 0.15) is 17.3 Å². The van der Waals surface area contributed by atoms with Crippen LogP contribution in [0.5, 0.6) is 23.0 Å². The molecule has 2 aromatic heterocycles. The molecule has 7 heteroatoms. The number of aromatic nitrogens is 2. The molecule has 0 atom stereocenters. The van der Waals surface area contributed by atoms with Crippen LogP contribution in [0.4, 0.5) is 0 Å². The maximum Gasteiger partial charge on any atom is 0.164 e. The topological polar surface area (TPSA) is 81.5 Å². The second kappa shape index (κ2) is 23.8. The van der Waals surface area contributed by atoms with Gasteiger partial charge in [0.15, 0.2) is 5.78 Å². The van der Waals surface area contributed by atoms with Gasteiger partial charge < -0.3 is 14.6 Å². The summed E-state index contributed by atoms with van der Waals surface area (Å²) in [4.78, 5) is 21.4. The number of fused-ring (bicyclic) bond motifs is 6. The van der Waals surface area contributed by atoms with Gasteiger partial charge in [-0.15, -0.1) is 35.0 Å². The Morgan fingerprint density at radius 3 is 1.42 bits per heavy atom. The number of rotatable bonds is 11. The summed E-state index contributed by atoms with van der Waals surface area (Å²) in [6, 6.07) is 30.5. The van der Waals surface area contributed by atoms with E-state index in [4.69, 9.17) is 15.0 Å². The van der Waals surface area contributed by atoms with Crippen molar-refractivity contribution < 1.29 is 45.0 Å². The summed E-state index contributed by atoms with van der Waals surface area (Å²) in [5.74, 6) is 3.32. The van der Waals surface area contributed by atoms with E-state index in [1.165, 1.54) is 11.6 Å². The number of aliphatic hydroxyl groups is 1. The van der Waals surface area contributed by atoms with E-state index in [1.54, 1.807) is 0 Å². The molecule has 0 saturated carbocycles. The number of aryl methyl sites for hydroxylation is 1. The van der Waals surface area contributed by atoms with Crippen LogP contribution in [0.2, 0.25) is 0 Å². The average Bonchev–Trinajstić information content (AvgIpc) is 0.790. The van der Waals surface area contributed by atoms with Crippen LogP contribution in [0.15, 0.2) is 103 Å². The number of carbonyl (C=O) groups is 1. The summed E-state index contributed by atoms with van der Waals surface area (Å²) in [6.45, 7) is 40.8. The number of ketones is 1. The van der Waals surface area contributed by atoms with Crippen LogP contribution in [0, 0.1) is 51.5 Å². The van der Waals surface area contributed by atoms with Crippen LogP contribution in [-0.4, -0.2) is 20.9 Å². The molecule has 1 radical (unpaired) electrons.